The van der Waals surface area contributed by atoms with E-state index in [0.29, 0.717) is 12.2 Å². The van der Waals surface area contributed by atoms with Crippen molar-refractivity contribution in [2.75, 3.05) is 26.2 Å². The first-order valence-electron chi connectivity index (χ1n) is 9.46. The number of rotatable bonds is 7. The Morgan fingerprint density at radius 3 is 2.62 bits per heavy atom. The SMILES string of the molecule is O=C(Cn1nc(-c2ccccc2)ccc1=O)NCCC[NH+]1CCCCC1. The molecule has 1 saturated heterocycles. The topological polar surface area (TPSA) is 68.4 Å². The lowest BCUT2D eigenvalue weighted by Gasteiger charge is -2.23. The highest BCUT2D eigenvalue weighted by Crippen LogP contribution is 2.13. The molecule has 1 fully saturated rings. The van der Waals surface area contributed by atoms with Gasteiger partial charge in [-0.2, -0.15) is 5.10 Å². The fourth-order valence-electron chi connectivity index (χ4n) is 3.38. The zero-order valence-corrected chi connectivity index (χ0v) is 15.1. The van der Waals surface area contributed by atoms with Crippen molar-refractivity contribution in [3.05, 3.63) is 52.8 Å². The minimum atomic E-state index is -0.266. The third-order valence-electron chi connectivity index (χ3n) is 4.82. The van der Waals surface area contributed by atoms with Gasteiger partial charge in [0.15, 0.2) is 0 Å². The first-order chi connectivity index (χ1) is 12.7. The van der Waals surface area contributed by atoms with E-state index < -0.39 is 0 Å². The van der Waals surface area contributed by atoms with Crippen LogP contribution in [-0.4, -0.2) is 41.9 Å². The quantitative estimate of drug-likeness (QED) is 0.710. The van der Waals surface area contributed by atoms with Gasteiger partial charge in [-0.15, -0.1) is 0 Å². The summed E-state index contributed by atoms with van der Waals surface area (Å²) in [6.45, 7) is 4.20. The van der Waals surface area contributed by atoms with Crippen molar-refractivity contribution in [2.45, 2.75) is 32.2 Å². The van der Waals surface area contributed by atoms with Crippen molar-refractivity contribution in [1.82, 2.24) is 15.1 Å². The van der Waals surface area contributed by atoms with E-state index in [4.69, 9.17) is 0 Å². The molecule has 3 rings (SSSR count). The molecule has 1 aliphatic heterocycles. The third-order valence-corrected chi connectivity index (χ3v) is 4.82. The lowest BCUT2D eigenvalue weighted by Crippen LogP contribution is -3.12. The number of nitrogens with zero attached hydrogens (tertiary/aromatic N) is 2. The molecule has 1 aliphatic rings. The average Bonchev–Trinajstić information content (AvgIpc) is 2.68. The fourth-order valence-corrected chi connectivity index (χ4v) is 3.38. The van der Waals surface area contributed by atoms with Crippen LogP contribution in [0.25, 0.3) is 11.3 Å². The molecule has 0 bridgehead atoms. The van der Waals surface area contributed by atoms with Crippen molar-refractivity contribution < 1.29 is 9.69 Å². The van der Waals surface area contributed by atoms with Crippen molar-refractivity contribution in [1.29, 1.82) is 0 Å². The van der Waals surface area contributed by atoms with Crippen LogP contribution in [0.4, 0.5) is 0 Å². The molecule has 1 aromatic heterocycles. The number of hydrogen-bond acceptors (Lipinski definition) is 3. The van der Waals surface area contributed by atoms with Crippen molar-refractivity contribution in [3.63, 3.8) is 0 Å². The zero-order chi connectivity index (χ0) is 18.2. The van der Waals surface area contributed by atoms with E-state index in [1.54, 1.807) is 11.0 Å². The first-order valence-corrected chi connectivity index (χ1v) is 9.46. The molecule has 0 radical (unpaired) electrons. The molecule has 26 heavy (non-hydrogen) atoms. The van der Waals surface area contributed by atoms with Gasteiger partial charge in [0.2, 0.25) is 5.91 Å². The van der Waals surface area contributed by atoms with E-state index in [0.717, 1.165) is 18.5 Å². The lowest BCUT2D eigenvalue weighted by molar-refractivity contribution is -0.904. The Labute approximate surface area is 153 Å². The van der Waals surface area contributed by atoms with E-state index >= 15 is 0 Å². The summed E-state index contributed by atoms with van der Waals surface area (Å²) >= 11 is 0. The summed E-state index contributed by atoms with van der Waals surface area (Å²) in [5, 5.41) is 7.23. The Kier molecular flexibility index (Phi) is 6.55. The second kappa shape index (κ2) is 9.29. The number of aromatic nitrogens is 2. The Morgan fingerprint density at radius 2 is 1.85 bits per heavy atom. The van der Waals surface area contributed by atoms with Crippen molar-refractivity contribution in [3.8, 4) is 11.3 Å². The minimum absolute atomic E-state index is 0.0456. The number of amides is 1. The highest BCUT2D eigenvalue weighted by atomic mass is 16.2. The van der Waals surface area contributed by atoms with Gasteiger partial charge in [0.25, 0.3) is 5.56 Å². The smallest absolute Gasteiger partial charge is 0.267 e. The molecular weight excluding hydrogens is 328 g/mol. The molecule has 138 valence electrons. The second-order valence-electron chi connectivity index (χ2n) is 6.84. The predicted octanol–water partition coefficient (Wildman–Crippen LogP) is 0.485. The maximum Gasteiger partial charge on any atom is 0.267 e. The molecule has 6 nitrogen and oxygen atoms in total. The molecule has 6 heteroatoms. The van der Waals surface area contributed by atoms with Gasteiger partial charge >= 0.3 is 0 Å². The summed E-state index contributed by atoms with van der Waals surface area (Å²) in [5.74, 6) is -0.168. The van der Waals surface area contributed by atoms with Gasteiger partial charge in [0.1, 0.15) is 6.54 Å². The number of carbonyl (C=O) groups excluding carboxylic acids is 1. The number of benzene rings is 1. The summed E-state index contributed by atoms with van der Waals surface area (Å²) in [6.07, 6.45) is 4.94. The van der Waals surface area contributed by atoms with Gasteiger partial charge in [-0.25, -0.2) is 4.68 Å². The van der Waals surface area contributed by atoms with E-state index in [2.05, 4.69) is 10.4 Å². The van der Waals surface area contributed by atoms with Gasteiger partial charge in [0.05, 0.1) is 25.3 Å². The lowest BCUT2D eigenvalue weighted by atomic mass is 10.1. The molecule has 0 spiro atoms. The molecule has 2 aromatic rings. The molecule has 1 aromatic carbocycles. The summed E-state index contributed by atoms with van der Waals surface area (Å²) in [6, 6.07) is 12.8. The molecular formula is C20H27N4O2+. The number of carbonyl (C=O) groups is 1. The summed E-state index contributed by atoms with van der Waals surface area (Å²) in [5.41, 5.74) is 1.34. The number of nitrogens with one attached hydrogen (secondary N) is 2. The summed E-state index contributed by atoms with van der Waals surface area (Å²) in [4.78, 5) is 25.8. The van der Waals surface area contributed by atoms with Gasteiger partial charge in [-0.1, -0.05) is 30.3 Å². The molecule has 0 unspecified atom stereocenters. The van der Waals surface area contributed by atoms with Crippen molar-refractivity contribution in [2.24, 2.45) is 0 Å². The first kappa shape index (κ1) is 18.3. The van der Waals surface area contributed by atoms with Gasteiger partial charge in [0, 0.05) is 24.6 Å². The molecule has 0 saturated carbocycles. The largest absolute Gasteiger partial charge is 0.354 e. The minimum Gasteiger partial charge on any atom is -0.354 e. The maximum atomic E-state index is 12.1. The van der Waals surface area contributed by atoms with Crippen LogP contribution in [-0.2, 0) is 11.3 Å². The summed E-state index contributed by atoms with van der Waals surface area (Å²) in [7, 11) is 0. The normalized spacial score (nSPS) is 14.9. The highest BCUT2D eigenvalue weighted by molar-refractivity contribution is 5.75. The average molecular weight is 355 g/mol. The number of quaternary nitrogens is 1. The fraction of sp³-hybridized carbons (Fsp3) is 0.450. The van der Waals surface area contributed by atoms with E-state index in [1.807, 2.05) is 30.3 Å². The molecule has 1 amide bonds. The molecule has 2 N–H and O–H groups in total. The van der Waals surface area contributed by atoms with E-state index in [1.165, 1.54) is 43.1 Å². The molecule has 0 atom stereocenters. The highest BCUT2D eigenvalue weighted by Gasteiger charge is 2.13. The van der Waals surface area contributed by atoms with Crippen LogP contribution in [0.2, 0.25) is 0 Å². The standard InChI is InChI=1S/C20H26N4O2/c25-19(21-12-7-15-23-13-5-2-6-14-23)16-24-20(26)11-10-18(22-24)17-8-3-1-4-9-17/h1,3-4,8-11H,2,5-7,12-16H2,(H,21,25)/p+1. The van der Waals surface area contributed by atoms with Crippen molar-refractivity contribution >= 4 is 5.91 Å². The third kappa shape index (κ3) is 5.26. The van der Waals surface area contributed by atoms with Gasteiger partial charge in [-0.3, -0.25) is 9.59 Å². The van der Waals surface area contributed by atoms with Crippen LogP contribution < -0.4 is 15.8 Å². The number of piperidine rings is 1. The van der Waals surface area contributed by atoms with Crippen LogP contribution in [0.5, 0.6) is 0 Å². The van der Waals surface area contributed by atoms with E-state index in [-0.39, 0.29) is 18.0 Å². The summed E-state index contributed by atoms with van der Waals surface area (Å²) < 4.78 is 1.23. The van der Waals surface area contributed by atoms with Crippen LogP contribution in [0.15, 0.2) is 47.3 Å². The Morgan fingerprint density at radius 1 is 1.08 bits per heavy atom. The maximum absolute atomic E-state index is 12.1. The van der Waals surface area contributed by atoms with Gasteiger partial charge in [-0.05, 0) is 25.3 Å². The van der Waals surface area contributed by atoms with Crippen LogP contribution in [0.3, 0.4) is 0 Å². The predicted molar refractivity (Wildman–Crippen MR) is 101 cm³/mol. The number of likely N-dealkylation sites (tertiary alicyclic amines) is 1. The van der Waals surface area contributed by atoms with Crippen LogP contribution in [0, 0.1) is 0 Å². The van der Waals surface area contributed by atoms with Gasteiger partial charge < -0.3 is 10.2 Å². The Bertz CT molecular complexity index is 767. The van der Waals surface area contributed by atoms with Crippen LogP contribution >= 0.6 is 0 Å². The molecule has 0 aliphatic carbocycles. The Balaban J connectivity index is 1.50. The molecule has 2 heterocycles. The van der Waals surface area contributed by atoms with Crippen LogP contribution in [0.1, 0.15) is 25.7 Å². The Hall–Kier alpha value is -2.47. The van der Waals surface area contributed by atoms with E-state index in [9.17, 15) is 9.59 Å². The zero-order valence-electron chi connectivity index (χ0n) is 15.1. The number of hydrogen-bond donors (Lipinski definition) is 2. The second-order valence-corrected chi connectivity index (χ2v) is 6.84. The monoisotopic (exact) mass is 355 g/mol.